The van der Waals surface area contributed by atoms with Gasteiger partial charge in [-0.1, -0.05) is 6.07 Å². The van der Waals surface area contributed by atoms with E-state index in [1.165, 1.54) is 26.4 Å². The van der Waals surface area contributed by atoms with Gasteiger partial charge in [0, 0.05) is 43.5 Å². The molecule has 0 unspecified atom stereocenters. The third kappa shape index (κ3) is 8.37. The Bertz CT molecular complexity index is 1780. The Balaban J connectivity index is 1.32. The SMILES string of the molecule is COc1ccc(NC(=O)c2ccc([N+](=O)[O-])cc2NC(=O)c2ccc(OC)cc2OC2CCN(Cc3c(OC)cccc3OC)CC2)cc1. The van der Waals surface area contributed by atoms with E-state index in [1.54, 1.807) is 56.7 Å². The number of non-ortho nitro benzene ring substituents is 1. The fourth-order valence-electron chi connectivity index (χ4n) is 5.60. The van der Waals surface area contributed by atoms with Gasteiger partial charge in [0.1, 0.15) is 34.9 Å². The predicted octanol–water partition coefficient (Wildman–Crippen LogP) is 6.18. The maximum atomic E-state index is 13.8. The first-order valence-electron chi connectivity index (χ1n) is 15.5. The third-order valence-corrected chi connectivity index (χ3v) is 8.23. The third-order valence-electron chi connectivity index (χ3n) is 8.23. The normalized spacial score (nSPS) is 13.2. The molecule has 256 valence electrons. The van der Waals surface area contributed by atoms with E-state index in [1.807, 2.05) is 18.2 Å². The minimum absolute atomic E-state index is 0.0322. The lowest BCUT2D eigenvalue weighted by Gasteiger charge is -2.33. The molecule has 1 aliphatic rings. The van der Waals surface area contributed by atoms with Gasteiger partial charge in [-0.15, -0.1) is 0 Å². The van der Waals surface area contributed by atoms with Crippen LogP contribution in [0.15, 0.2) is 78.9 Å². The highest BCUT2D eigenvalue weighted by Crippen LogP contribution is 2.33. The second-order valence-corrected chi connectivity index (χ2v) is 11.2. The Morgan fingerprint density at radius 1 is 0.755 bits per heavy atom. The van der Waals surface area contributed by atoms with Crippen LogP contribution in [-0.4, -0.2) is 69.3 Å². The van der Waals surface area contributed by atoms with Gasteiger partial charge in [-0.05, 0) is 67.4 Å². The van der Waals surface area contributed by atoms with E-state index in [0.717, 1.165) is 36.2 Å². The molecular weight excluding hydrogens is 632 g/mol. The summed E-state index contributed by atoms with van der Waals surface area (Å²) < 4.78 is 28.1. The summed E-state index contributed by atoms with van der Waals surface area (Å²) in [5.74, 6) is 1.72. The lowest BCUT2D eigenvalue weighted by molar-refractivity contribution is -0.384. The highest BCUT2D eigenvalue weighted by Gasteiger charge is 2.26. The van der Waals surface area contributed by atoms with Crippen molar-refractivity contribution in [2.24, 2.45) is 0 Å². The summed E-state index contributed by atoms with van der Waals surface area (Å²) in [6, 6.07) is 20.8. The zero-order valence-corrected chi connectivity index (χ0v) is 27.7. The molecule has 1 saturated heterocycles. The second-order valence-electron chi connectivity index (χ2n) is 11.2. The molecule has 13 nitrogen and oxygen atoms in total. The van der Waals surface area contributed by atoms with E-state index >= 15 is 0 Å². The number of carbonyl (C=O) groups is 2. The van der Waals surface area contributed by atoms with Gasteiger partial charge in [-0.25, -0.2) is 0 Å². The van der Waals surface area contributed by atoms with Crippen LogP contribution in [0.25, 0.3) is 0 Å². The van der Waals surface area contributed by atoms with E-state index < -0.39 is 16.7 Å². The molecule has 0 aliphatic carbocycles. The molecule has 4 aromatic carbocycles. The number of likely N-dealkylation sites (tertiary alicyclic amines) is 1. The number of nitrogens with zero attached hydrogens (tertiary/aromatic N) is 2. The molecule has 2 N–H and O–H groups in total. The number of amides is 2. The molecule has 0 aromatic heterocycles. The zero-order chi connectivity index (χ0) is 34.9. The number of nitrogens with one attached hydrogen (secondary N) is 2. The van der Waals surface area contributed by atoms with Crippen molar-refractivity contribution >= 4 is 28.9 Å². The molecule has 4 aromatic rings. The number of piperidine rings is 1. The number of rotatable bonds is 13. The van der Waals surface area contributed by atoms with Crippen LogP contribution in [-0.2, 0) is 6.54 Å². The Kier molecular flexibility index (Phi) is 11.2. The molecule has 0 radical (unpaired) electrons. The van der Waals surface area contributed by atoms with Crippen LogP contribution >= 0.6 is 0 Å². The number of anilines is 2. The van der Waals surface area contributed by atoms with Gasteiger partial charge in [-0.3, -0.25) is 24.6 Å². The van der Waals surface area contributed by atoms with Gasteiger partial charge >= 0.3 is 0 Å². The van der Waals surface area contributed by atoms with Gasteiger partial charge in [0.15, 0.2) is 0 Å². The minimum Gasteiger partial charge on any atom is -0.497 e. The van der Waals surface area contributed by atoms with Crippen LogP contribution in [0.4, 0.5) is 17.1 Å². The van der Waals surface area contributed by atoms with Crippen molar-refractivity contribution in [2.45, 2.75) is 25.5 Å². The summed E-state index contributed by atoms with van der Waals surface area (Å²) in [5, 5.41) is 17.1. The van der Waals surface area contributed by atoms with Crippen LogP contribution in [0.1, 0.15) is 39.1 Å². The molecule has 1 fully saturated rings. The number of nitro benzene ring substituents is 1. The lowest BCUT2D eigenvalue weighted by atomic mass is 10.1. The molecule has 0 atom stereocenters. The minimum atomic E-state index is -0.614. The first-order valence-corrected chi connectivity index (χ1v) is 15.5. The fourth-order valence-corrected chi connectivity index (χ4v) is 5.60. The fraction of sp³-hybridized carbons (Fsp3) is 0.278. The number of hydrogen-bond acceptors (Lipinski definition) is 10. The first kappa shape index (κ1) is 34.5. The summed E-state index contributed by atoms with van der Waals surface area (Å²) in [6.07, 6.45) is 1.19. The van der Waals surface area contributed by atoms with Crippen molar-refractivity contribution in [1.29, 1.82) is 0 Å². The monoisotopic (exact) mass is 670 g/mol. The van der Waals surface area contributed by atoms with Gasteiger partial charge in [0.25, 0.3) is 17.5 Å². The predicted molar refractivity (Wildman–Crippen MR) is 183 cm³/mol. The van der Waals surface area contributed by atoms with E-state index in [4.69, 9.17) is 23.7 Å². The summed E-state index contributed by atoms with van der Waals surface area (Å²) in [7, 11) is 6.32. The topological polar surface area (TPSA) is 151 Å². The maximum Gasteiger partial charge on any atom is 0.271 e. The first-order chi connectivity index (χ1) is 23.7. The average Bonchev–Trinajstić information content (AvgIpc) is 3.12. The maximum absolute atomic E-state index is 13.8. The van der Waals surface area contributed by atoms with Crippen LogP contribution in [0.2, 0.25) is 0 Å². The summed E-state index contributed by atoms with van der Waals surface area (Å²) >= 11 is 0. The van der Waals surface area contributed by atoms with Crippen LogP contribution in [0.3, 0.4) is 0 Å². The number of carbonyl (C=O) groups excluding carboxylic acids is 2. The molecule has 13 heteroatoms. The smallest absolute Gasteiger partial charge is 0.271 e. The van der Waals surface area contributed by atoms with Crippen LogP contribution in [0, 0.1) is 10.1 Å². The highest BCUT2D eigenvalue weighted by molar-refractivity contribution is 6.13. The van der Waals surface area contributed by atoms with Gasteiger partial charge in [-0.2, -0.15) is 0 Å². The largest absolute Gasteiger partial charge is 0.497 e. The Morgan fingerprint density at radius 3 is 1.98 bits per heavy atom. The molecule has 0 spiro atoms. The summed E-state index contributed by atoms with van der Waals surface area (Å²) in [5.41, 5.74) is 1.32. The van der Waals surface area contributed by atoms with Crippen molar-refractivity contribution < 1.29 is 38.2 Å². The number of hydrogen-bond donors (Lipinski definition) is 2. The van der Waals surface area contributed by atoms with E-state index in [2.05, 4.69) is 15.5 Å². The van der Waals surface area contributed by atoms with Crippen molar-refractivity contribution in [3.63, 3.8) is 0 Å². The number of benzene rings is 4. The lowest BCUT2D eigenvalue weighted by Crippen LogP contribution is -2.38. The number of methoxy groups -OCH3 is 4. The Hall–Kier alpha value is -5.82. The zero-order valence-electron chi connectivity index (χ0n) is 27.7. The summed E-state index contributed by atoms with van der Waals surface area (Å²) in [4.78, 5) is 40.4. The molecular formula is C36H38N4O9. The van der Waals surface area contributed by atoms with Gasteiger partial charge in [0.2, 0.25) is 0 Å². The Morgan fingerprint density at radius 2 is 1.37 bits per heavy atom. The summed E-state index contributed by atoms with van der Waals surface area (Å²) in [6.45, 7) is 2.11. The molecule has 0 saturated carbocycles. The molecule has 0 bridgehead atoms. The molecule has 49 heavy (non-hydrogen) atoms. The van der Waals surface area contributed by atoms with E-state index in [9.17, 15) is 19.7 Å². The number of ether oxygens (including phenoxy) is 5. The molecule has 1 aliphatic heterocycles. The van der Waals surface area contributed by atoms with Crippen molar-refractivity contribution in [3.05, 3.63) is 106 Å². The van der Waals surface area contributed by atoms with Crippen molar-refractivity contribution in [2.75, 3.05) is 52.2 Å². The van der Waals surface area contributed by atoms with Gasteiger partial charge < -0.3 is 34.3 Å². The van der Waals surface area contributed by atoms with Crippen LogP contribution in [0.5, 0.6) is 28.7 Å². The average molecular weight is 671 g/mol. The van der Waals surface area contributed by atoms with Crippen LogP contribution < -0.4 is 34.3 Å². The number of nitro groups is 1. The quantitative estimate of drug-likeness (QED) is 0.125. The van der Waals surface area contributed by atoms with Crippen molar-refractivity contribution in [1.82, 2.24) is 4.90 Å². The standard InChI is InChI=1S/C36H38N4O9/c1-45-25-11-8-23(9-12-25)37-35(41)28-14-10-24(40(43)44)20-31(28)38-36(42)29-15-13-27(46-2)21-34(29)49-26-16-18-39(19-17-26)22-30-32(47-3)6-5-7-33(30)48-4/h5-15,20-21,26H,16-19,22H2,1-4H3,(H,37,41)(H,38,42). The van der Waals surface area contributed by atoms with Crippen molar-refractivity contribution in [3.8, 4) is 28.7 Å². The molecule has 5 rings (SSSR count). The highest BCUT2D eigenvalue weighted by atomic mass is 16.6. The molecule has 1 heterocycles. The van der Waals surface area contributed by atoms with E-state index in [-0.39, 0.29) is 34.4 Å². The second kappa shape index (κ2) is 15.8. The molecule has 2 amide bonds. The van der Waals surface area contributed by atoms with Gasteiger partial charge in [0.05, 0.1) is 55.7 Å². The Labute approximate surface area is 283 Å². The van der Waals surface area contributed by atoms with E-state index in [0.29, 0.717) is 36.6 Å².